The van der Waals surface area contributed by atoms with Gasteiger partial charge in [0.2, 0.25) is 10.8 Å². The van der Waals surface area contributed by atoms with Gasteiger partial charge in [0.1, 0.15) is 11.6 Å². The van der Waals surface area contributed by atoms with Gasteiger partial charge in [0.15, 0.2) is 0 Å². The van der Waals surface area contributed by atoms with Gasteiger partial charge >= 0.3 is 0 Å². The fraction of sp³-hybridized carbons (Fsp3) is 0.0714. The Hall–Kier alpha value is -1.10. The molecule has 0 spiro atoms. The molecular formula is C14H8BrCl2FO2. The Kier molecular flexibility index (Phi) is 5.02. The minimum Gasteiger partial charge on any atom is -0.471 e. The first kappa shape index (κ1) is 15.3. The molecule has 0 heterocycles. The average Bonchev–Trinajstić information content (AvgIpc) is 2.38. The summed E-state index contributed by atoms with van der Waals surface area (Å²) in [5.74, 6) is -0.583. The zero-order valence-electron chi connectivity index (χ0n) is 9.95. The van der Waals surface area contributed by atoms with Crippen molar-refractivity contribution in [3.05, 3.63) is 63.9 Å². The molecule has 0 aliphatic heterocycles. The van der Waals surface area contributed by atoms with E-state index in [0.29, 0.717) is 5.02 Å². The maximum Gasteiger partial charge on any atom is 0.215 e. The minimum absolute atomic E-state index is 0.231. The van der Waals surface area contributed by atoms with Crippen molar-refractivity contribution in [1.29, 1.82) is 0 Å². The summed E-state index contributed by atoms with van der Waals surface area (Å²) in [7, 11) is 0. The number of carbonyl (C=O) groups excluding carboxylic acids is 1. The van der Waals surface area contributed by atoms with Crippen LogP contribution in [0.3, 0.4) is 0 Å². The van der Waals surface area contributed by atoms with Gasteiger partial charge in [-0.1, -0.05) is 29.3 Å². The van der Waals surface area contributed by atoms with Crippen LogP contribution in [-0.2, 0) is 0 Å². The molecule has 0 saturated heterocycles. The van der Waals surface area contributed by atoms with Crippen LogP contribution in [0.25, 0.3) is 0 Å². The van der Waals surface area contributed by atoms with E-state index < -0.39 is 10.8 Å². The Labute approximate surface area is 133 Å². The molecule has 104 valence electrons. The third-order valence-electron chi connectivity index (χ3n) is 2.44. The van der Waals surface area contributed by atoms with Gasteiger partial charge in [-0.3, -0.25) is 4.79 Å². The number of rotatable bonds is 4. The zero-order chi connectivity index (χ0) is 14.7. The maximum absolute atomic E-state index is 13.0. The smallest absolute Gasteiger partial charge is 0.215 e. The molecule has 6 heteroatoms. The molecular weight excluding hydrogens is 370 g/mol. The van der Waals surface area contributed by atoms with Gasteiger partial charge in [-0.25, -0.2) is 4.39 Å². The number of halogens is 4. The van der Waals surface area contributed by atoms with E-state index in [1.54, 1.807) is 12.1 Å². The molecule has 0 N–H and O–H groups in total. The highest BCUT2D eigenvalue weighted by molar-refractivity contribution is 9.09. The highest BCUT2D eigenvalue weighted by Gasteiger charge is 2.21. The monoisotopic (exact) mass is 376 g/mol. The molecule has 0 aliphatic carbocycles. The number of ether oxygens (including phenoxy) is 1. The molecule has 2 aromatic carbocycles. The fourth-order valence-corrected chi connectivity index (χ4v) is 2.49. The summed E-state index contributed by atoms with van der Waals surface area (Å²) in [6.07, 6.45) is 0. The third-order valence-corrected chi connectivity index (χ3v) is 3.59. The number of Topliss-reactive ketones (excluding diaryl/α,β-unsaturated/α-hetero) is 1. The van der Waals surface area contributed by atoms with Crippen molar-refractivity contribution in [3.8, 4) is 5.75 Å². The predicted octanol–water partition coefficient (Wildman–Crippen LogP) is 5.12. The van der Waals surface area contributed by atoms with Crippen molar-refractivity contribution in [2.24, 2.45) is 0 Å². The second-order valence-electron chi connectivity index (χ2n) is 3.88. The highest BCUT2D eigenvalue weighted by Crippen LogP contribution is 2.25. The standard InChI is InChI=1S/C14H8BrCl2FO2/c15-14(20-10-3-1-2-9(18)7-10)13(19)11-5-4-8(16)6-12(11)17/h1-7,14H. The molecule has 0 radical (unpaired) electrons. The van der Waals surface area contributed by atoms with Crippen LogP contribution in [0.1, 0.15) is 10.4 Å². The van der Waals surface area contributed by atoms with E-state index in [0.717, 1.165) is 0 Å². The molecule has 0 amide bonds. The van der Waals surface area contributed by atoms with Gasteiger partial charge in [-0.05, 0) is 46.3 Å². The molecule has 0 bridgehead atoms. The van der Waals surface area contributed by atoms with Gasteiger partial charge < -0.3 is 4.74 Å². The third kappa shape index (κ3) is 3.72. The molecule has 20 heavy (non-hydrogen) atoms. The molecule has 1 atom stereocenters. The van der Waals surface area contributed by atoms with Crippen LogP contribution in [0.5, 0.6) is 5.75 Å². The Morgan fingerprint density at radius 2 is 1.95 bits per heavy atom. The quantitative estimate of drug-likeness (QED) is 0.546. The van der Waals surface area contributed by atoms with Gasteiger partial charge in [-0.15, -0.1) is 0 Å². The van der Waals surface area contributed by atoms with E-state index in [9.17, 15) is 9.18 Å². The predicted molar refractivity (Wildman–Crippen MR) is 80.5 cm³/mol. The highest BCUT2D eigenvalue weighted by atomic mass is 79.9. The Morgan fingerprint density at radius 3 is 2.60 bits per heavy atom. The van der Waals surface area contributed by atoms with Crippen LogP contribution in [0, 0.1) is 5.82 Å². The van der Waals surface area contributed by atoms with Crippen molar-refractivity contribution >= 4 is 44.9 Å². The van der Waals surface area contributed by atoms with Crippen molar-refractivity contribution in [2.75, 3.05) is 0 Å². The molecule has 0 fully saturated rings. The van der Waals surface area contributed by atoms with Gasteiger partial charge in [0, 0.05) is 16.7 Å². The van der Waals surface area contributed by atoms with Gasteiger partial charge in [-0.2, -0.15) is 0 Å². The molecule has 0 aromatic heterocycles. The first-order valence-corrected chi connectivity index (χ1v) is 7.20. The lowest BCUT2D eigenvalue weighted by Crippen LogP contribution is -2.21. The number of ketones is 1. The second kappa shape index (κ2) is 6.57. The zero-order valence-corrected chi connectivity index (χ0v) is 13.0. The Bertz CT molecular complexity index is 649. The number of carbonyl (C=O) groups is 1. The lowest BCUT2D eigenvalue weighted by atomic mass is 10.1. The Morgan fingerprint density at radius 1 is 1.20 bits per heavy atom. The summed E-state index contributed by atoms with van der Waals surface area (Å²) in [6.45, 7) is 0. The van der Waals surface area contributed by atoms with E-state index in [4.69, 9.17) is 27.9 Å². The lowest BCUT2D eigenvalue weighted by molar-refractivity contribution is 0.0897. The summed E-state index contributed by atoms with van der Waals surface area (Å²) in [5.41, 5.74) is 0.273. The van der Waals surface area contributed by atoms with Gasteiger partial charge in [0.05, 0.1) is 5.02 Å². The van der Waals surface area contributed by atoms with Crippen LogP contribution >= 0.6 is 39.1 Å². The Balaban J connectivity index is 2.16. The number of benzene rings is 2. The SMILES string of the molecule is O=C(c1ccc(Cl)cc1Cl)C(Br)Oc1cccc(F)c1. The molecule has 1 unspecified atom stereocenters. The van der Waals surface area contributed by atoms with Crippen molar-refractivity contribution < 1.29 is 13.9 Å². The van der Waals surface area contributed by atoms with E-state index in [2.05, 4.69) is 15.9 Å². The summed E-state index contributed by atoms with van der Waals surface area (Å²) < 4.78 is 18.4. The largest absolute Gasteiger partial charge is 0.471 e. The van der Waals surface area contributed by atoms with Crippen molar-refractivity contribution in [1.82, 2.24) is 0 Å². The van der Waals surface area contributed by atoms with Crippen LogP contribution in [0.15, 0.2) is 42.5 Å². The molecule has 2 nitrogen and oxygen atoms in total. The van der Waals surface area contributed by atoms with E-state index in [1.807, 2.05) is 0 Å². The van der Waals surface area contributed by atoms with Crippen molar-refractivity contribution in [3.63, 3.8) is 0 Å². The molecule has 0 aliphatic rings. The van der Waals surface area contributed by atoms with E-state index >= 15 is 0 Å². The summed E-state index contributed by atoms with van der Waals surface area (Å²) in [6, 6.07) is 10.0. The molecule has 0 saturated carbocycles. The summed E-state index contributed by atoms with van der Waals surface area (Å²) in [5, 5.41) is -0.304. The topological polar surface area (TPSA) is 26.3 Å². The van der Waals surface area contributed by atoms with Crippen molar-refractivity contribution in [2.45, 2.75) is 5.01 Å². The van der Waals surface area contributed by atoms with Crippen LogP contribution in [0.4, 0.5) is 4.39 Å². The second-order valence-corrected chi connectivity index (χ2v) is 5.55. The normalized spacial score (nSPS) is 12.0. The number of alkyl halides is 1. The number of hydrogen-bond acceptors (Lipinski definition) is 2. The fourth-order valence-electron chi connectivity index (χ4n) is 1.52. The molecule has 2 aromatic rings. The van der Waals surface area contributed by atoms with Crippen LogP contribution < -0.4 is 4.74 Å². The maximum atomic E-state index is 13.0. The minimum atomic E-state index is -0.969. The summed E-state index contributed by atoms with van der Waals surface area (Å²) >= 11 is 14.8. The molecule has 2 rings (SSSR count). The number of hydrogen-bond donors (Lipinski definition) is 0. The van der Waals surface area contributed by atoms with Crippen LogP contribution in [0.2, 0.25) is 10.0 Å². The van der Waals surface area contributed by atoms with E-state index in [-0.39, 0.29) is 22.1 Å². The van der Waals surface area contributed by atoms with E-state index in [1.165, 1.54) is 30.3 Å². The first-order chi connectivity index (χ1) is 9.47. The summed E-state index contributed by atoms with van der Waals surface area (Å²) in [4.78, 5) is 12.2. The van der Waals surface area contributed by atoms with Crippen LogP contribution in [-0.4, -0.2) is 10.8 Å². The lowest BCUT2D eigenvalue weighted by Gasteiger charge is -2.13. The van der Waals surface area contributed by atoms with Gasteiger partial charge in [0.25, 0.3) is 0 Å². The average molecular weight is 378 g/mol. The first-order valence-electron chi connectivity index (χ1n) is 5.53.